The van der Waals surface area contributed by atoms with Gasteiger partial charge in [0.1, 0.15) is 6.61 Å². The number of carbonyl (C=O) groups is 3. The van der Waals surface area contributed by atoms with Crippen molar-refractivity contribution in [3.05, 3.63) is 36.5 Å². The Morgan fingerprint density at radius 1 is 0.470 bits per heavy atom. The Kier molecular flexibility index (Phi) is 47.2. The molecule has 0 aliphatic carbocycles. The van der Waals surface area contributed by atoms with E-state index >= 15 is 0 Å². The number of esters is 2. The second-order valence-corrected chi connectivity index (χ2v) is 20.2. The van der Waals surface area contributed by atoms with E-state index in [1.54, 1.807) is 0 Å². The van der Waals surface area contributed by atoms with E-state index in [4.69, 9.17) is 14.2 Å². The molecule has 8 heteroatoms. The molecule has 0 aromatic rings. The van der Waals surface area contributed by atoms with Crippen LogP contribution in [0.15, 0.2) is 36.5 Å². The maximum absolute atomic E-state index is 12.8. The molecule has 66 heavy (non-hydrogen) atoms. The molecular weight excluding hydrogens is 823 g/mol. The molecule has 0 aromatic heterocycles. The molecule has 1 N–H and O–H groups in total. The first kappa shape index (κ1) is 63.5. The van der Waals surface area contributed by atoms with Crippen molar-refractivity contribution in [2.45, 2.75) is 276 Å². The zero-order valence-electron chi connectivity index (χ0n) is 44.2. The summed E-state index contributed by atoms with van der Waals surface area (Å²) in [5.74, 6) is -1.46. The lowest BCUT2D eigenvalue weighted by molar-refractivity contribution is -0.887. The van der Waals surface area contributed by atoms with E-state index in [2.05, 4.69) is 50.3 Å². The molecule has 386 valence electrons. The van der Waals surface area contributed by atoms with Crippen LogP contribution in [0.25, 0.3) is 0 Å². The highest BCUT2D eigenvalue weighted by Crippen LogP contribution is 2.17. The summed E-state index contributed by atoms with van der Waals surface area (Å²) in [4.78, 5) is 37.3. The molecule has 0 radical (unpaired) electrons. The number of carboxylic acid groups (broad SMARTS) is 1. The van der Waals surface area contributed by atoms with Crippen LogP contribution < -0.4 is 0 Å². The number of unbranched alkanes of at least 4 members (excludes halogenated alkanes) is 31. The van der Waals surface area contributed by atoms with Gasteiger partial charge in [0.25, 0.3) is 0 Å². The monoisotopic (exact) mass is 931 g/mol. The third kappa shape index (κ3) is 46.7. The van der Waals surface area contributed by atoms with Gasteiger partial charge in [-0.05, 0) is 64.2 Å². The van der Waals surface area contributed by atoms with Gasteiger partial charge in [0.2, 0.25) is 0 Å². The van der Waals surface area contributed by atoms with Gasteiger partial charge >= 0.3 is 17.9 Å². The van der Waals surface area contributed by atoms with Gasteiger partial charge in [-0.1, -0.05) is 217 Å². The Labute approximate surface area is 408 Å². The number of hydrogen-bond donors (Lipinski definition) is 1. The van der Waals surface area contributed by atoms with Crippen molar-refractivity contribution >= 4 is 17.9 Å². The van der Waals surface area contributed by atoms with Crippen molar-refractivity contribution in [3.63, 3.8) is 0 Å². The lowest BCUT2D eigenvalue weighted by Gasteiger charge is -2.31. The number of carboxylic acids is 1. The fourth-order valence-corrected chi connectivity index (χ4v) is 8.48. The summed E-state index contributed by atoms with van der Waals surface area (Å²) in [6.45, 7) is 4.68. The predicted octanol–water partition coefficient (Wildman–Crippen LogP) is 16.5. The average Bonchev–Trinajstić information content (AvgIpc) is 3.28. The Hall–Kier alpha value is -2.45. The number of carbonyl (C=O) groups excluding carboxylic acids is 2. The molecule has 0 amide bonds. The number of rotatable bonds is 51. The second kappa shape index (κ2) is 49.0. The predicted molar refractivity (Wildman–Crippen MR) is 280 cm³/mol. The van der Waals surface area contributed by atoms with Crippen LogP contribution in [-0.4, -0.2) is 80.6 Å². The summed E-state index contributed by atoms with van der Waals surface area (Å²) in [5, 5.41) is 9.67. The molecule has 0 aromatic carbocycles. The summed E-state index contributed by atoms with van der Waals surface area (Å²) >= 11 is 0. The maximum atomic E-state index is 12.8. The normalized spacial score (nSPS) is 13.0. The van der Waals surface area contributed by atoms with Gasteiger partial charge in [0.15, 0.2) is 12.1 Å². The molecule has 0 fully saturated rings. The van der Waals surface area contributed by atoms with Crippen LogP contribution in [0, 0.1) is 0 Å². The van der Waals surface area contributed by atoms with Crippen LogP contribution >= 0.6 is 0 Å². The first-order chi connectivity index (χ1) is 32.1. The number of allylic oxidation sites excluding steroid dienone is 6. The van der Waals surface area contributed by atoms with E-state index in [1.807, 2.05) is 21.1 Å². The molecule has 2 unspecified atom stereocenters. The van der Waals surface area contributed by atoms with Crippen LogP contribution in [0.4, 0.5) is 0 Å². The van der Waals surface area contributed by atoms with Gasteiger partial charge in [-0.25, -0.2) is 4.79 Å². The van der Waals surface area contributed by atoms with Crippen LogP contribution in [0.2, 0.25) is 0 Å². The molecule has 0 saturated heterocycles. The highest BCUT2D eigenvalue weighted by molar-refractivity contribution is 5.72. The van der Waals surface area contributed by atoms with Gasteiger partial charge in [-0.15, -0.1) is 0 Å². The molecule has 2 atom stereocenters. The lowest BCUT2D eigenvalue weighted by atomic mass is 10.0. The van der Waals surface area contributed by atoms with Gasteiger partial charge in [0.05, 0.1) is 34.4 Å². The van der Waals surface area contributed by atoms with Crippen LogP contribution in [-0.2, 0) is 28.6 Å². The minimum Gasteiger partial charge on any atom is -0.477 e. The molecule has 0 heterocycles. The van der Waals surface area contributed by atoms with E-state index in [0.29, 0.717) is 19.3 Å². The topological polar surface area (TPSA) is 99.1 Å². The van der Waals surface area contributed by atoms with Crippen LogP contribution in [0.3, 0.4) is 0 Å². The summed E-state index contributed by atoms with van der Waals surface area (Å²) in [5.41, 5.74) is 0. The quantitative estimate of drug-likeness (QED) is 0.0281. The number of nitrogens with zero attached hydrogens (tertiary/aromatic N) is 1. The first-order valence-electron chi connectivity index (χ1n) is 28.0. The Morgan fingerprint density at radius 3 is 1.26 bits per heavy atom. The van der Waals surface area contributed by atoms with Gasteiger partial charge in [-0.2, -0.15) is 0 Å². The number of quaternary nitrogens is 1. The molecule has 0 rings (SSSR count). The van der Waals surface area contributed by atoms with Crippen LogP contribution in [0.1, 0.15) is 264 Å². The third-order valence-corrected chi connectivity index (χ3v) is 12.8. The van der Waals surface area contributed by atoms with Gasteiger partial charge < -0.3 is 23.8 Å². The molecular formula is C58H108NO7+. The Bertz CT molecular complexity index is 1170. The average molecular weight is 932 g/mol. The number of likely N-dealkylation sites (N-methyl/N-ethyl adjacent to an activating group) is 1. The van der Waals surface area contributed by atoms with E-state index in [9.17, 15) is 19.5 Å². The molecule has 0 bridgehead atoms. The van der Waals surface area contributed by atoms with Crippen molar-refractivity contribution < 1.29 is 38.2 Å². The standard InChI is InChI=1S/C58H107NO7/c1-6-8-10-12-14-16-18-20-22-24-26-28-30-32-34-36-38-40-42-44-46-48-56(60)65-53-54(52-64-51-50-55(58(62)63)59(3,4)5)66-57(61)49-47-45-43-41-39-37-35-33-31-29-27-25-23-21-19-17-15-13-11-9-7-2/h8,10,14,16,29,31,54-55H,6-7,9,11-13,15,17-28,30,32-53H2,1-5H3/p+1/b10-8+,16-14+,31-29+. The first-order valence-corrected chi connectivity index (χ1v) is 28.0. The van der Waals surface area contributed by atoms with Crippen molar-refractivity contribution in [2.75, 3.05) is 41.0 Å². The number of aliphatic carboxylic acids is 1. The summed E-state index contributed by atoms with van der Waals surface area (Å²) in [6, 6.07) is -0.615. The van der Waals surface area contributed by atoms with Crippen LogP contribution in [0.5, 0.6) is 0 Å². The van der Waals surface area contributed by atoms with E-state index in [0.717, 1.165) is 51.4 Å². The zero-order chi connectivity index (χ0) is 48.4. The highest BCUT2D eigenvalue weighted by atomic mass is 16.6. The molecule has 0 spiro atoms. The third-order valence-electron chi connectivity index (χ3n) is 12.8. The Balaban J connectivity index is 4.17. The van der Waals surface area contributed by atoms with E-state index < -0.39 is 18.1 Å². The largest absolute Gasteiger partial charge is 0.477 e. The number of ether oxygens (including phenoxy) is 3. The summed E-state index contributed by atoms with van der Waals surface area (Å²) in [7, 11) is 5.55. The zero-order valence-corrected chi connectivity index (χ0v) is 44.2. The van der Waals surface area contributed by atoms with Crippen molar-refractivity contribution in [3.8, 4) is 0 Å². The number of hydrogen-bond acceptors (Lipinski definition) is 6. The van der Waals surface area contributed by atoms with Crippen molar-refractivity contribution in [2.24, 2.45) is 0 Å². The molecule has 0 saturated carbocycles. The highest BCUT2D eigenvalue weighted by Gasteiger charge is 2.31. The fourth-order valence-electron chi connectivity index (χ4n) is 8.48. The van der Waals surface area contributed by atoms with Crippen molar-refractivity contribution in [1.29, 1.82) is 0 Å². The second-order valence-electron chi connectivity index (χ2n) is 20.2. The fraction of sp³-hybridized carbons (Fsp3) is 0.845. The van der Waals surface area contributed by atoms with Gasteiger partial charge in [0, 0.05) is 19.3 Å². The lowest BCUT2D eigenvalue weighted by Crippen LogP contribution is -2.50. The molecule has 8 nitrogen and oxygen atoms in total. The minimum absolute atomic E-state index is 0.0498. The van der Waals surface area contributed by atoms with Gasteiger partial charge in [-0.3, -0.25) is 9.59 Å². The van der Waals surface area contributed by atoms with E-state index in [1.165, 1.54) is 180 Å². The van der Waals surface area contributed by atoms with E-state index in [-0.39, 0.29) is 36.2 Å². The minimum atomic E-state index is -0.872. The maximum Gasteiger partial charge on any atom is 0.362 e. The SMILES string of the molecule is CC/C=C/C/C=C/CCCCCCCCCCCCCCCCC(=O)OCC(COCCC(C(=O)O)[N+](C)(C)C)OC(=O)CCCCCCCCC/C=C/CCCCCCCCCCCC. The summed E-state index contributed by atoms with van der Waals surface area (Å²) < 4.78 is 17.4. The molecule has 0 aliphatic rings. The smallest absolute Gasteiger partial charge is 0.362 e. The Morgan fingerprint density at radius 2 is 0.848 bits per heavy atom. The van der Waals surface area contributed by atoms with Crippen molar-refractivity contribution in [1.82, 2.24) is 0 Å². The summed E-state index contributed by atoms with van der Waals surface area (Å²) in [6.07, 6.45) is 59.2. The molecule has 0 aliphatic heterocycles.